The van der Waals surface area contributed by atoms with E-state index in [1.54, 1.807) is 12.1 Å². The Kier molecular flexibility index (Phi) is 3.66. The van der Waals surface area contributed by atoms with Crippen LogP contribution in [0.15, 0.2) is 36.4 Å². The topological polar surface area (TPSA) is 55.2 Å². The summed E-state index contributed by atoms with van der Waals surface area (Å²) in [5.74, 6) is -0.536. The van der Waals surface area contributed by atoms with Crippen molar-refractivity contribution in [3.8, 4) is 0 Å². The molecule has 6 heteroatoms. The van der Waals surface area contributed by atoms with Crippen LogP contribution in [0.3, 0.4) is 0 Å². The molecule has 0 saturated carbocycles. The molecule has 0 fully saturated rings. The zero-order valence-electron chi connectivity index (χ0n) is 9.98. The molecule has 0 aliphatic rings. The minimum atomic E-state index is -0.536. The summed E-state index contributed by atoms with van der Waals surface area (Å²) < 4.78 is 13.0. The fraction of sp³-hybridized carbons (Fsp3) is 0.0769. The summed E-state index contributed by atoms with van der Waals surface area (Å²) in [6, 6.07) is 8.77. The molecule has 0 atom stereocenters. The van der Waals surface area contributed by atoms with Crippen LogP contribution in [-0.2, 0) is 0 Å². The van der Waals surface area contributed by atoms with Crippen molar-refractivity contribution in [1.29, 1.82) is 0 Å². The number of halogens is 2. The molecule has 0 saturated heterocycles. The number of hydrogen-bond donors (Lipinski definition) is 1. The Hall–Kier alpha value is -2.14. The predicted octanol–water partition coefficient (Wildman–Crippen LogP) is 4.44. The molecule has 0 amide bonds. The number of nitro benzene ring substituents is 1. The molecule has 0 bridgehead atoms. The fourth-order valence-corrected chi connectivity index (χ4v) is 1.82. The maximum absolute atomic E-state index is 13.0. The molecule has 19 heavy (non-hydrogen) atoms. The summed E-state index contributed by atoms with van der Waals surface area (Å²) in [5.41, 5.74) is 1.65. The van der Waals surface area contributed by atoms with E-state index in [0.29, 0.717) is 11.4 Å². The zero-order chi connectivity index (χ0) is 14.0. The lowest BCUT2D eigenvalue weighted by Crippen LogP contribution is -1.97. The Labute approximate surface area is 114 Å². The monoisotopic (exact) mass is 280 g/mol. The van der Waals surface area contributed by atoms with Gasteiger partial charge < -0.3 is 5.32 Å². The quantitative estimate of drug-likeness (QED) is 0.668. The predicted molar refractivity (Wildman–Crippen MR) is 72.5 cm³/mol. The minimum Gasteiger partial charge on any atom is -0.350 e. The van der Waals surface area contributed by atoms with Crippen molar-refractivity contribution in [3.63, 3.8) is 0 Å². The molecule has 2 aromatic carbocycles. The Morgan fingerprint density at radius 2 is 2.00 bits per heavy atom. The van der Waals surface area contributed by atoms with E-state index in [1.807, 2.05) is 6.92 Å². The lowest BCUT2D eigenvalue weighted by molar-refractivity contribution is -0.383. The third-order valence-corrected chi connectivity index (χ3v) is 2.84. The fourth-order valence-electron chi connectivity index (χ4n) is 1.64. The van der Waals surface area contributed by atoms with Crippen molar-refractivity contribution in [1.82, 2.24) is 0 Å². The largest absolute Gasteiger partial charge is 0.350 e. The lowest BCUT2D eigenvalue weighted by atomic mass is 10.2. The van der Waals surface area contributed by atoms with E-state index in [1.165, 1.54) is 24.3 Å². The molecule has 0 aliphatic carbocycles. The number of anilines is 2. The molecule has 2 aromatic rings. The first-order valence-corrected chi connectivity index (χ1v) is 5.82. The van der Waals surface area contributed by atoms with Crippen LogP contribution < -0.4 is 5.32 Å². The molecule has 2 rings (SSSR count). The van der Waals surface area contributed by atoms with Crippen LogP contribution in [0, 0.1) is 22.9 Å². The molecule has 4 nitrogen and oxygen atoms in total. The van der Waals surface area contributed by atoms with Gasteiger partial charge in [0.2, 0.25) is 0 Å². The SMILES string of the molecule is Cc1ccc([N+](=O)[O-])c(Nc2ccc(F)c(Cl)c2)c1. The highest BCUT2D eigenvalue weighted by molar-refractivity contribution is 6.31. The molecular formula is C13H10ClFN2O2. The number of nitrogens with zero attached hydrogens (tertiary/aromatic N) is 1. The first kappa shape index (κ1) is 13.3. The van der Waals surface area contributed by atoms with Crippen molar-refractivity contribution in [3.05, 3.63) is 62.9 Å². The van der Waals surface area contributed by atoms with E-state index < -0.39 is 10.7 Å². The van der Waals surface area contributed by atoms with E-state index in [2.05, 4.69) is 5.32 Å². The summed E-state index contributed by atoms with van der Waals surface area (Å²) in [6.07, 6.45) is 0. The number of nitro groups is 1. The van der Waals surface area contributed by atoms with Crippen LogP contribution in [0.25, 0.3) is 0 Å². The van der Waals surface area contributed by atoms with Gasteiger partial charge in [0, 0.05) is 11.8 Å². The zero-order valence-corrected chi connectivity index (χ0v) is 10.7. The van der Waals surface area contributed by atoms with E-state index in [4.69, 9.17) is 11.6 Å². The van der Waals surface area contributed by atoms with Gasteiger partial charge in [0.05, 0.1) is 9.95 Å². The molecule has 0 unspecified atom stereocenters. The molecule has 0 aromatic heterocycles. The third kappa shape index (κ3) is 3.00. The summed E-state index contributed by atoms with van der Waals surface area (Å²) in [6.45, 7) is 1.83. The van der Waals surface area contributed by atoms with Crippen LogP contribution in [0.4, 0.5) is 21.5 Å². The van der Waals surface area contributed by atoms with Gasteiger partial charge in [-0.15, -0.1) is 0 Å². The van der Waals surface area contributed by atoms with Gasteiger partial charge in [-0.3, -0.25) is 10.1 Å². The average molecular weight is 281 g/mol. The van der Waals surface area contributed by atoms with Crippen molar-refractivity contribution in [2.75, 3.05) is 5.32 Å². The van der Waals surface area contributed by atoms with E-state index >= 15 is 0 Å². The third-order valence-electron chi connectivity index (χ3n) is 2.55. The number of hydrogen-bond acceptors (Lipinski definition) is 3. The van der Waals surface area contributed by atoms with Gasteiger partial charge in [-0.2, -0.15) is 0 Å². The maximum atomic E-state index is 13.0. The molecule has 0 radical (unpaired) electrons. The van der Waals surface area contributed by atoms with Crippen molar-refractivity contribution in [2.24, 2.45) is 0 Å². The van der Waals surface area contributed by atoms with Gasteiger partial charge in [-0.05, 0) is 36.8 Å². The van der Waals surface area contributed by atoms with Gasteiger partial charge in [0.15, 0.2) is 0 Å². The normalized spacial score (nSPS) is 10.3. The van der Waals surface area contributed by atoms with Crippen molar-refractivity contribution in [2.45, 2.75) is 6.92 Å². The van der Waals surface area contributed by atoms with Crippen LogP contribution in [0.2, 0.25) is 5.02 Å². The molecular weight excluding hydrogens is 271 g/mol. The summed E-state index contributed by atoms with van der Waals surface area (Å²) >= 11 is 5.66. The Morgan fingerprint density at radius 1 is 1.26 bits per heavy atom. The van der Waals surface area contributed by atoms with Gasteiger partial charge in [-0.1, -0.05) is 17.7 Å². The highest BCUT2D eigenvalue weighted by Crippen LogP contribution is 2.29. The summed E-state index contributed by atoms with van der Waals surface area (Å²) in [4.78, 5) is 10.4. The molecule has 98 valence electrons. The summed E-state index contributed by atoms with van der Waals surface area (Å²) in [7, 11) is 0. The number of nitrogens with one attached hydrogen (secondary N) is 1. The first-order valence-electron chi connectivity index (χ1n) is 5.44. The van der Waals surface area contributed by atoms with E-state index in [9.17, 15) is 14.5 Å². The Morgan fingerprint density at radius 3 is 2.63 bits per heavy atom. The van der Waals surface area contributed by atoms with Crippen LogP contribution in [0.5, 0.6) is 0 Å². The number of rotatable bonds is 3. The van der Waals surface area contributed by atoms with Gasteiger partial charge in [-0.25, -0.2) is 4.39 Å². The van der Waals surface area contributed by atoms with E-state index in [-0.39, 0.29) is 10.7 Å². The maximum Gasteiger partial charge on any atom is 0.292 e. The molecule has 1 N–H and O–H groups in total. The van der Waals surface area contributed by atoms with Crippen molar-refractivity contribution >= 4 is 28.7 Å². The van der Waals surface area contributed by atoms with E-state index in [0.717, 1.165) is 5.56 Å². The molecule has 0 heterocycles. The Balaban J connectivity index is 2.39. The van der Waals surface area contributed by atoms with Gasteiger partial charge in [0.25, 0.3) is 5.69 Å². The molecule has 0 spiro atoms. The van der Waals surface area contributed by atoms with Crippen LogP contribution in [0.1, 0.15) is 5.56 Å². The highest BCUT2D eigenvalue weighted by Gasteiger charge is 2.14. The molecule has 0 aliphatic heterocycles. The minimum absolute atomic E-state index is 0.0414. The standard InChI is InChI=1S/C13H10ClFN2O2/c1-8-2-5-13(17(18)19)12(6-8)16-9-3-4-11(15)10(14)7-9/h2-7,16H,1H3. The number of benzene rings is 2. The van der Waals surface area contributed by atoms with Gasteiger partial charge >= 0.3 is 0 Å². The van der Waals surface area contributed by atoms with Gasteiger partial charge in [0.1, 0.15) is 11.5 Å². The Bertz CT molecular complexity index is 647. The second-order valence-electron chi connectivity index (χ2n) is 4.03. The number of aryl methyl sites for hydroxylation is 1. The second kappa shape index (κ2) is 5.24. The van der Waals surface area contributed by atoms with Crippen LogP contribution in [-0.4, -0.2) is 4.92 Å². The lowest BCUT2D eigenvalue weighted by Gasteiger charge is -2.08. The average Bonchev–Trinajstić information content (AvgIpc) is 2.33. The first-order chi connectivity index (χ1) is 8.97. The summed E-state index contributed by atoms with van der Waals surface area (Å²) in [5, 5.41) is 13.8. The second-order valence-corrected chi connectivity index (χ2v) is 4.44. The highest BCUT2D eigenvalue weighted by atomic mass is 35.5. The van der Waals surface area contributed by atoms with Crippen molar-refractivity contribution < 1.29 is 9.31 Å². The smallest absolute Gasteiger partial charge is 0.292 e. The van der Waals surface area contributed by atoms with Crippen LogP contribution >= 0.6 is 11.6 Å².